The van der Waals surface area contributed by atoms with Gasteiger partial charge in [0.25, 0.3) is 0 Å². The van der Waals surface area contributed by atoms with Gasteiger partial charge in [0.1, 0.15) is 0 Å². The Kier molecular flexibility index (Phi) is 4.13. The highest BCUT2D eigenvalue weighted by molar-refractivity contribution is 6.30. The van der Waals surface area contributed by atoms with Gasteiger partial charge in [-0.1, -0.05) is 16.8 Å². The molecule has 4 N–H and O–H groups in total. The maximum Gasteiger partial charge on any atom is 0.234 e. The van der Waals surface area contributed by atoms with Crippen molar-refractivity contribution in [3.8, 4) is 0 Å². The van der Waals surface area contributed by atoms with Crippen LogP contribution in [0.4, 0.5) is 5.69 Å². The third kappa shape index (κ3) is 3.13. The standard InChI is InChI=1S/C10H12ClN3O2/c1-6(9(12)14-16)10(15)13-8-4-2-7(11)3-5-8/h2-6,16H,1H3,(H2,12,14)(H,13,15). The number of carbonyl (C=O) groups is 1. The normalized spacial score (nSPS) is 13.2. The lowest BCUT2D eigenvalue weighted by atomic mass is 10.1. The molecule has 0 saturated carbocycles. The first-order chi connectivity index (χ1) is 7.54. The molecule has 6 heteroatoms. The highest BCUT2D eigenvalue weighted by atomic mass is 35.5. The summed E-state index contributed by atoms with van der Waals surface area (Å²) >= 11 is 5.70. The Balaban J connectivity index is 2.68. The smallest absolute Gasteiger partial charge is 0.234 e. The average molecular weight is 242 g/mol. The van der Waals surface area contributed by atoms with Gasteiger partial charge in [-0.3, -0.25) is 4.79 Å². The van der Waals surface area contributed by atoms with E-state index < -0.39 is 5.92 Å². The fourth-order valence-electron chi connectivity index (χ4n) is 1.00. The van der Waals surface area contributed by atoms with Crippen LogP contribution in [-0.2, 0) is 4.79 Å². The van der Waals surface area contributed by atoms with Crippen molar-refractivity contribution >= 4 is 29.0 Å². The minimum absolute atomic E-state index is 0.133. The van der Waals surface area contributed by atoms with E-state index >= 15 is 0 Å². The molecule has 0 fully saturated rings. The molecule has 1 atom stereocenters. The second kappa shape index (κ2) is 5.37. The van der Waals surface area contributed by atoms with Crippen molar-refractivity contribution in [1.82, 2.24) is 0 Å². The summed E-state index contributed by atoms with van der Waals surface area (Å²) in [7, 11) is 0. The number of amides is 1. The summed E-state index contributed by atoms with van der Waals surface area (Å²) in [6.07, 6.45) is 0. The maximum atomic E-state index is 11.6. The molecule has 0 aliphatic rings. The summed E-state index contributed by atoms with van der Waals surface area (Å²) in [5, 5.41) is 14.4. The predicted octanol–water partition coefficient (Wildman–Crippen LogP) is 1.66. The van der Waals surface area contributed by atoms with Crippen LogP contribution in [0.25, 0.3) is 0 Å². The van der Waals surface area contributed by atoms with E-state index in [-0.39, 0.29) is 11.7 Å². The van der Waals surface area contributed by atoms with Gasteiger partial charge in [0.05, 0.1) is 5.92 Å². The molecular formula is C10H12ClN3O2. The van der Waals surface area contributed by atoms with Crippen LogP contribution in [0.15, 0.2) is 29.4 Å². The number of hydrogen-bond donors (Lipinski definition) is 3. The molecule has 0 aliphatic heterocycles. The summed E-state index contributed by atoms with van der Waals surface area (Å²) in [4.78, 5) is 11.6. The molecule has 0 heterocycles. The van der Waals surface area contributed by atoms with Gasteiger partial charge in [0, 0.05) is 10.7 Å². The van der Waals surface area contributed by atoms with Crippen LogP contribution in [0.5, 0.6) is 0 Å². The van der Waals surface area contributed by atoms with E-state index in [2.05, 4.69) is 10.5 Å². The molecule has 0 saturated heterocycles. The molecule has 1 amide bonds. The largest absolute Gasteiger partial charge is 0.409 e. The van der Waals surface area contributed by atoms with Crippen LogP contribution in [-0.4, -0.2) is 17.0 Å². The molecule has 0 aromatic heterocycles. The van der Waals surface area contributed by atoms with Gasteiger partial charge in [-0.05, 0) is 31.2 Å². The van der Waals surface area contributed by atoms with Crippen molar-refractivity contribution in [2.45, 2.75) is 6.92 Å². The van der Waals surface area contributed by atoms with Crippen LogP contribution >= 0.6 is 11.6 Å². The molecule has 1 rings (SSSR count). The van der Waals surface area contributed by atoms with Gasteiger partial charge in [0.15, 0.2) is 5.84 Å². The number of nitrogens with two attached hydrogens (primary N) is 1. The molecule has 0 aliphatic carbocycles. The molecule has 5 nitrogen and oxygen atoms in total. The Morgan fingerprint density at radius 1 is 1.50 bits per heavy atom. The molecule has 0 bridgehead atoms. The number of nitrogens with one attached hydrogen (secondary N) is 1. The Labute approximate surface area is 97.9 Å². The fourth-order valence-corrected chi connectivity index (χ4v) is 1.13. The third-order valence-corrected chi connectivity index (χ3v) is 2.32. The highest BCUT2D eigenvalue weighted by Crippen LogP contribution is 2.14. The van der Waals surface area contributed by atoms with Gasteiger partial charge in [-0.15, -0.1) is 0 Å². The van der Waals surface area contributed by atoms with E-state index in [9.17, 15) is 4.79 Å². The molecule has 0 spiro atoms. The number of hydrogen-bond acceptors (Lipinski definition) is 3. The number of carbonyl (C=O) groups excluding carboxylic acids is 1. The van der Waals surface area contributed by atoms with Crippen LogP contribution < -0.4 is 11.1 Å². The van der Waals surface area contributed by atoms with E-state index in [0.717, 1.165) is 0 Å². The van der Waals surface area contributed by atoms with Gasteiger partial charge in [0.2, 0.25) is 5.91 Å². The summed E-state index contributed by atoms with van der Waals surface area (Å²) in [6, 6.07) is 6.65. The Bertz CT molecular complexity index is 403. The van der Waals surface area contributed by atoms with E-state index in [1.165, 1.54) is 0 Å². The first-order valence-corrected chi connectivity index (χ1v) is 4.96. The second-order valence-electron chi connectivity index (χ2n) is 3.24. The zero-order chi connectivity index (χ0) is 12.1. The van der Waals surface area contributed by atoms with Crippen molar-refractivity contribution in [3.63, 3.8) is 0 Å². The maximum absolute atomic E-state index is 11.6. The lowest BCUT2D eigenvalue weighted by Gasteiger charge is -2.10. The highest BCUT2D eigenvalue weighted by Gasteiger charge is 2.17. The van der Waals surface area contributed by atoms with Gasteiger partial charge < -0.3 is 16.3 Å². The number of amidine groups is 1. The summed E-state index contributed by atoms with van der Waals surface area (Å²) in [5.74, 6) is -1.18. The first-order valence-electron chi connectivity index (χ1n) is 4.58. The third-order valence-electron chi connectivity index (χ3n) is 2.06. The van der Waals surface area contributed by atoms with E-state index in [1.54, 1.807) is 31.2 Å². The van der Waals surface area contributed by atoms with Crippen molar-refractivity contribution in [3.05, 3.63) is 29.3 Å². The van der Waals surface area contributed by atoms with Crippen LogP contribution in [0.2, 0.25) is 5.02 Å². The number of nitrogens with zero attached hydrogens (tertiary/aromatic N) is 1. The van der Waals surface area contributed by atoms with Gasteiger partial charge >= 0.3 is 0 Å². The predicted molar refractivity (Wildman–Crippen MR) is 62.7 cm³/mol. The minimum atomic E-state index is -0.694. The van der Waals surface area contributed by atoms with Crippen molar-refractivity contribution in [2.24, 2.45) is 16.8 Å². The molecule has 1 aromatic carbocycles. The van der Waals surface area contributed by atoms with Crippen LogP contribution in [0.3, 0.4) is 0 Å². The monoisotopic (exact) mass is 241 g/mol. The quantitative estimate of drug-likeness (QED) is 0.326. The van der Waals surface area contributed by atoms with Gasteiger partial charge in [-0.25, -0.2) is 0 Å². The van der Waals surface area contributed by atoms with Crippen LogP contribution in [0.1, 0.15) is 6.92 Å². The van der Waals surface area contributed by atoms with E-state index in [0.29, 0.717) is 10.7 Å². The second-order valence-corrected chi connectivity index (χ2v) is 3.68. The molecular weight excluding hydrogens is 230 g/mol. The van der Waals surface area contributed by atoms with Crippen molar-refractivity contribution in [2.75, 3.05) is 5.32 Å². The summed E-state index contributed by atoms with van der Waals surface area (Å²) in [5.41, 5.74) is 5.92. The molecule has 0 radical (unpaired) electrons. The zero-order valence-electron chi connectivity index (χ0n) is 8.64. The number of anilines is 1. The van der Waals surface area contributed by atoms with Gasteiger partial charge in [-0.2, -0.15) is 0 Å². The molecule has 1 unspecified atom stereocenters. The van der Waals surface area contributed by atoms with E-state index in [4.69, 9.17) is 22.5 Å². The lowest BCUT2D eigenvalue weighted by Crippen LogP contribution is -2.32. The lowest BCUT2D eigenvalue weighted by molar-refractivity contribution is -0.117. The fraction of sp³-hybridized carbons (Fsp3) is 0.200. The SMILES string of the molecule is CC(C(=O)Nc1ccc(Cl)cc1)C(N)=NO. The Hall–Kier alpha value is -1.75. The van der Waals surface area contributed by atoms with Crippen molar-refractivity contribution in [1.29, 1.82) is 0 Å². The molecule has 86 valence electrons. The summed E-state index contributed by atoms with van der Waals surface area (Å²) < 4.78 is 0. The zero-order valence-corrected chi connectivity index (χ0v) is 9.40. The number of benzene rings is 1. The molecule has 1 aromatic rings. The van der Waals surface area contributed by atoms with E-state index in [1.807, 2.05) is 0 Å². The Morgan fingerprint density at radius 2 is 2.06 bits per heavy atom. The summed E-state index contributed by atoms with van der Waals surface area (Å²) in [6.45, 7) is 1.54. The average Bonchev–Trinajstić information content (AvgIpc) is 2.30. The minimum Gasteiger partial charge on any atom is -0.409 e. The van der Waals surface area contributed by atoms with Crippen molar-refractivity contribution < 1.29 is 10.0 Å². The number of halogens is 1. The Morgan fingerprint density at radius 3 is 2.56 bits per heavy atom. The first kappa shape index (κ1) is 12.3. The van der Waals surface area contributed by atoms with Crippen LogP contribution in [0, 0.1) is 5.92 Å². The number of oxime groups is 1. The number of rotatable bonds is 3. The topological polar surface area (TPSA) is 87.7 Å². The molecule has 16 heavy (non-hydrogen) atoms.